The Morgan fingerprint density at radius 1 is 0.880 bits per heavy atom. The topological polar surface area (TPSA) is 26.5 Å². The number of imidazole rings is 1. The van der Waals surface area contributed by atoms with E-state index in [1.807, 2.05) is 59.3 Å². The van der Waals surface area contributed by atoms with Crippen LogP contribution in [-0.4, -0.2) is 16.5 Å². The number of benzene rings is 2. The molecule has 0 saturated carbocycles. The molecule has 0 unspecified atom stereocenters. The van der Waals surface area contributed by atoms with E-state index in [4.69, 9.17) is 9.72 Å². The maximum Gasteiger partial charge on any atom is 0.138 e. The Bertz CT molecular complexity index is 1020. The van der Waals surface area contributed by atoms with Gasteiger partial charge in [-0.2, -0.15) is 0 Å². The van der Waals surface area contributed by atoms with Crippen LogP contribution in [0.4, 0.5) is 0 Å². The van der Waals surface area contributed by atoms with E-state index in [0.29, 0.717) is 0 Å². The molecule has 0 saturated heterocycles. The average molecular weight is 326 g/mol. The number of ether oxygens (including phenoxy) is 1. The monoisotopic (exact) mass is 326 g/mol. The summed E-state index contributed by atoms with van der Waals surface area (Å²) in [6.45, 7) is 0. The van der Waals surface area contributed by atoms with Gasteiger partial charge in [-0.1, -0.05) is 42.5 Å². The van der Waals surface area contributed by atoms with Crippen LogP contribution in [0.1, 0.15) is 11.1 Å². The van der Waals surface area contributed by atoms with Crippen molar-refractivity contribution in [2.75, 3.05) is 7.11 Å². The Morgan fingerprint density at radius 2 is 1.64 bits per heavy atom. The molecule has 2 heterocycles. The number of nitrogens with zero attached hydrogens (tertiary/aromatic N) is 2. The van der Waals surface area contributed by atoms with Crippen LogP contribution in [0.15, 0.2) is 79.1 Å². The van der Waals surface area contributed by atoms with Gasteiger partial charge in [0.05, 0.1) is 12.8 Å². The molecular weight excluding hydrogens is 308 g/mol. The first-order valence-corrected chi connectivity index (χ1v) is 8.18. The third kappa shape index (κ3) is 3.31. The summed E-state index contributed by atoms with van der Waals surface area (Å²) in [6.07, 6.45) is 8.30. The molecule has 0 amide bonds. The van der Waals surface area contributed by atoms with Crippen molar-refractivity contribution in [2.24, 2.45) is 0 Å². The first-order chi connectivity index (χ1) is 12.3. The summed E-state index contributed by atoms with van der Waals surface area (Å²) in [5.74, 6) is 0.848. The van der Waals surface area contributed by atoms with E-state index >= 15 is 0 Å². The van der Waals surface area contributed by atoms with Crippen molar-refractivity contribution in [3.63, 3.8) is 0 Å². The van der Waals surface area contributed by atoms with E-state index in [-0.39, 0.29) is 0 Å². The molecule has 122 valence electrons. The summed E-state index contributed by atoms with van der Waals surface area (Å²) in [4.78, 5) is 4.74. The molecule has 0 aliphatic heterocycles. The number of hydrogen-bond donors (Lipinski definition) is 0. The van der Waals surface area contributed by atoms with Gasteiger partial charge in [0, 0.05) is 18.0 Å². The molecule has 2 aromatic carbocycles. The fourth-order valence-electron chi connectivity index (χ4n) is 2.76. The maximum atomic E-state index is 5.21. The molecule has 0 spiro atoms. The highest BCUT2D eigenvalue weighted by atomic mass is 16.5. The van der Waals surface area contributed by atoms with Crippen LogP contribution in [0.2, 0.25) is 0 Å². The van der Waals surface area contributed by atoms with Crippen molar-refractivity contribution in [2.45, 2.75) is 0 Å². The predicted molar refractivity (Wildman–Crippen MR) is 103 cm³/mol. The van der Waals surface area contributed by atoms with Gasteiger partial charge in [0.25, 0.3) is 0 Å². The quantitative estimate of drug-likeness (QED) is 0.516. The van der Waals surface area contributed by atoms with Gasteiger partial charge in [0.15, 0.2) is 0 Å². The standard InChI is InChI=1S/C22H18N2O/c1-25-20-11-9-19(10-12-20)21-16-24-14-13-18(15-22(24)23-21)8-7-17-5-3-2-4-6-17/h2-16H,1H3/b8-7+. The lowest BCUT2D eigenvalue weighted by Gasteiger charge is -1.99. The molecule has 0 aliphatic rings. The summed E-state index contributed by atoms with van der Waals surface area (Å²) in [6, 6.07) is 22.4. The van der Waals surface area contributed by atoms with Crippen LogP contribution in [0, 0.1) is 0 Å². The summed E-state index contributed by atoms with van der Waals surface area (Å²) in [5.41, 5.74) is 5.27. The lowest BCUT2D eigenvalue weighted by Crippen LogP contribution is -1.82. The smallest absolute Gasteiger partial charge is 0.138 e. The van der Waals surface area contributed by atoms with Crippen LogP contribution in [0.5, 0.6) is 5.75 Å². The Labute approximate surface area is 146 Å². The van der Waals surface area contributed by atoms with Gasteiger partial charge >= 0.3 is 0 Å². The molecule has 0 bridgehead atoms. The number of methoxy groups -OCH3 is 1. The van der Waals surface area contributed by atoms with Crippen LogP contribution in [-0.2, 0) is 0 Å². The lowest BCUT2D eigenvalue weighted by atomic mass is 10.1. The largest absolute Gasteiger partial charge is 0.497 e. The van der Waals surface area contributed by atoms with Gasteiger partial charge in [-0.05, 0) is 47.5 Å². The van der Waals surface area contributed by atoms with Gasteiger partial charge in [0.1, 0.15) is 11.4 Å². The molecule has 0 fully saturated rings. The molecule has 3 nitrogen and oxygen atoms in total. The van der Waals surface area contributed by atoms with Crippen molar-refractivity contribution in [3.05, 3.63) is 90.3 Å². The molecule has 0 radical (unpaired) electrons. The van der Waals surface area contributed by atoms with Crippen LogP contribution in [0.3, 0.4) is 0 Å². The van der Waals surface area contributed by atoms with Gasteiger partial charge in [-0.3, -0.25) is 0 Å². The Morgan fingerprint density at radius 3 is 2.40 bits per heavy atom. The number of aromatic nitrogens is 2. The molecule has 0 aliphatic carbocycles. The number of pyridine rings is 1. The van der Waals surface area contributed by atoms with Crippen molar-refractivity contribution in [1.29, 1.82) is 0 Å². The van der Waals surface area contributed by atoms with E-state index in [2.05, 4.69) is 36.4 Å². The third-order valence-corrected chi connectivity index (χ3v) is 4.14. The van der Waals surface area contributed by atoms with E-state index < -0.39 is 0 Å². The third-order valence-electron chi connectivity index (χ3n) is 4.14. The Hall–Kier alpha value is -3.33. The second-order valence-corrected chi connectivity index (χ2v) is 5.82. The summed E-state index contributed by atoms with van der Waals surface area (Å²) >= 11 is 0. The molecule has 3 heteroatoms. The van der Waals surface area contributed by atoms with E-state index in [0.717, 1.165) is 28.2 Å². The second-order valence-electron chi connectivity index (χ2n) is 5.82. The molecule has 0 N–H and O–H groups in total. The van der Waals surface area contributed by atoms with Crippen molar-refractivity contribution < 1.29 is 4.74 Å². The van der Waals surface area contributed by atoms with Gasteiger partial charge < -0.3 is 9.14 Å². The summed E-state index contributed by atoms with van der Waals surface area (Å²) in [7, 11) is 1.67. The van der Waals surface area contributed by atoms with Crippen LogP contribution >= 0.6 is 0 Å². The normalized spacial score (nSPS) is 11.2. The first kappa shape index (κ1) is 15.2. The van der Waals surface area contributed by atoms with E-state index in [1.165, 1.54) is 5.56 Å². The van der Waals surface area contributed by atoms with Crippen LogP contribution in [0.25, 0.3) is 29.1 Å². The highest BCUT2D eigenvalue weighted by Gasteiger charge is 2.05. The zero-order valence-corrected chi connectivity index (χ0v) is 14.0. The zero-order chi connectivity index (χ0) is 17.1. The highest BCUT2D eigenvalue weighted by molar-refractivity contribution is 5.72. The molecule has 0 atom stereocenters. The second kappa shape index (κ2) is 6.65. The average Bonchev–Trinajstić information content (AvgIpc) is 3.10. The van der Waals surface area contributed by atoms with Crippen molar-refractivity contribution in [3.8, 4) is 17.0 Å². The minimum atomic E-state index is 0.848. The van der Waals surface area contributed by atoms with Gasteiger partial charge in [0.2, 0.25) is 0 Å². The van der Waals surface area contributed by atoms with Crippen molar-refractivity contribution in [1.82, 2.24) is 9.38 Å². The fourth-order valence-corrected chi connectivity index (χ4v) is 2.76. The minimum absolute atomic E-state index is 0.848. The zero-order valence-electron chi connectivity index (χ0n) is 14.0. The Kier molecular flexibility index (Phi) is 4.05. The maximum absolute atomic E-state index is 5.21. The van der Waals surface area contributed by atoms with E-state index in [1.54, 1.807) is 7.11 Å². The fraction of sp³-hybridized carbons (Fsp3) is 0.0455. The molecule has 4 rings (SSSR count). The van der Waals surface area contributed by atoms with Crippen molar-refractivity contribution >= 4 is 17.8 Å². The minimum Gasteiger partial charge on any atom is -0.497 e. The van der Waals surface area contributed by atoms with Gasteiger partial charge in [-0.25, -0.2) is 4.98 Å². The number of rotatable bonds is 4. The van der Waals surface area contributed by atoms with Crippen LogP contribution < -0.4 is 4.74 Å². The molecule has 2 aromatic heterocycles. The first-order valence-electron chi connectivity index (χ1n) is 8.18. The summed E-state index contributed by atoms with van der Waals surface area (Å²) < 4.78 is 7.25. The highest BCUT2D eigenvalue weighted by Crippen LogP contribution is 2.22. The SMILES string of the molecule is COc1ccc(-c2cn3ccc(/C=C/c4ccccc4)cc3n2)cc1. The van der Waals surface area contributed by atoms with E-state index in [9.17, 15) is 0 Å². The number of hydrogen-bond acceptors (Lipinski definition) is 2. The summed E-state index contributed by atoms with van der Waals surface area (Å²) in [5, 5.41) is 0. The molecular formula is C22H18N2O. The van der Waals surface area contributed by atoms with Gasteiger partial charge in [-0.15, -0.1) is 0 Å². The Balaban J connectivity index is 1.63. The number of fused-ring (bicyclic) bond motifs is 1. The predicted octanol–water partition coefficient (Wildman–Crippen LogP) is 5.18. The lowest BCUT2D eigenvalue weighted by molar-refractivity contribution is 0.415. The molecule has 4 aromatic rings. The molecule has 25 heavy (non-hydrogen) atoms.